The lowest BCUT2D eigenvalue weighted by molar-refractivity contribution is 0.0949. The third kappa shape index (κ3) is 3.27. The average molecular weight is 358 g/mol. The lowest BCUT2D eigenvalue weighted by atomic mass is 10.1. The SMILES string of the molecule is Cc1ncncc1C(=O)NCc1ccc2[nH]c(-c3cnccn3)c(C)c2c1. The molecule has 0 aliphatic heterocycles. The Balaban J connectivity index is 1.58. The smallest absolute Gasteiger partial charge is 0.254 e. The fraction of sp³-hybridized carbons (Fsp3) is 0.150. The minimum Gasteiger partial charge on any atom is -0.353 e. The van der Waals surface area contributed by atoms with Crippen LogP contribution < -0.4 is 5.32 Å². The quantitative estimate of drug-likeness (QED) is 0.585. The van der Waals surface area contributed by atoms with E-state index in [9.17, 15) is 4.79 Å². The second-order valence-electron chi connectivity index (χ2n) is 6.30. The van der Waals surface area contributed by atoms with Crippen molar-refractivity contribution in [2.24, 2.45) is 0 Å². The van der Waals surface area contributed by atoms with Gasteiger partial charge >= 0.3 is 0 Å². The Labute approximate surface area is 155 Å². The molecule has 1 amide bonds. The zero-order chi connectivity index (χ0) is 18.8. The maximum absolute atomic E-state index is 12.3. The first-order valence-electron chi connectivity index (χ1n) is 8.56. The summed E-state index contributed by atoms with van der Waals surface area (Å²) in [7, 11) is 0. The van der Waals surface area contributed by atoms with Gasteiger partial charge in [0.15, 0.2) is 0 Å². The van der Waals surface area contributed by atoms with Crippen LogP contribution in [0.2, 0.25) is 0 Å². The van der Waals surface area contributed by atoms with Crippen molar-refractivity contribution in [2.75, 3.05) is 0 Å². The lowest BCUT2D eigenvalue weighted by Crippen LogP contribution is -2.24. The second kappa shape index (κ2) is 6.95. The summed E-state index contributed by atoms with van der Waals surface area (Å²) in [5.41, 5.74) is 6.05. The average Bonchev–Trinajstić information content (AvgIpc) is 3.03. The molecule has 2 N–H and O–H groups in total. The summed E-state index contributed by atoms with van der Waals surface area (Å²) < 4.78 is 0. The number of hydrogen-bond donors (Lipinski definition) is 2. The molecule has 7 heteroatoms. The maximum Gasteiger partial charge on any atom is 0.254 e. The zero-order valence-electron chi connectivity index (χ0n) is 15.0. The van der Waals surface area contributed by atoms with Crippen molar-refractivity contribution in [3.8, 4) is 11.4 Å². The van der Waals surface area contributed by atoms with Crippen LogP contribution in [0.25, 0.3) is 22.3 Å². The van der Waals surface area contributed by atoms with Crippen molar-refractivity contribution < 1.29 is 4.79 Å². The highest BCUT2D eigenvalue weighted by Crippen LogP contribution is 2.28. The van der Waals surface area contributed by atoms with Crippen LogP contribution in [0.5, 0.6) is 0 Å². The molecule has 4 rings (SSSR count). The van der Waals surface area contributed by atoms with E-state index in [1.165, 1.54) is 12.5 Å². The van der Waals surface area contributed by atoms with E-state index in [-0.39, 0.29) is 5.91 Å². The van der Waals surface area contributed by atoms with Crippen LogP contribution in [0.4, 0.5) is 0 Å². The van der Waals surface area contributed by atoms with Crippen molar-refractivity contribution in [1.82, 2.24) is 30.2 Å². The van der Waals surface area contributed by atoms with Crippen molar-refractivity contribution >= 4 is 16.8 Å². The third-order valence-electron chi connectivity index (χ3n) is 4.55. The number of nitrogens with one attached hydrogen (secondary N) is 2. The zero-order valence-corrected chi connectivity index (χ0v) is 15.0. The first-order valence-corrected chi connectivity index (χ1v) is 8.56. The van der Waals surface area contributed by atoms with E-state index in [0.717, 1.165) is 33.4 Å². The number of aryl methyl sites for hydroxylation is 2. The van der Waals surface area contributed by atoms with E-state index in [4.69, 9.17) is 0 Å². The van der Waals surface area contributed by atoms with Crippen LogP contribution in [0.1, 0.15) is 27.2 Å². The molecule has 3 aromatic heterocycles. The molecule has 3 heterocycles. The van der Waals surface area contributed by atoms with Crippen LogP contribution in [0.15, 0.2) is 49.3 Å². The minimum absolute atomic E-state index is 0.181. The molecule has 4 aromatic rings. The monoisotopic (exact) mass is 358 g/mol. The van der Waals surface area contributed by atoms with Crippen molar-refractivity contribution in [3.63, 3.8) is 0 Å². The molecule has 0 atom stereocenters. The number of aromatic nitrogens is 5. The molecule has 134 valence electrons. The number of fused-ring (bicyclic) bond motifs is 1. The Kier molecular flexibility index (Phi) is 4.33. The van der Waals surface area contributed by atoms with Gasteiger partial charge in [0.05, 0.1) is 23.1 Å². The van der Waals surface area contributed by atoms with Crippen molar-refractivity contribution in [2.45, 2.75) is 20.4 Å². The summed E-state index contributed by atoms with van der Waals surface area (Å²) >= 11 is 0. The number of hydrogen-bond acceptors (Lipinski definition) is 5. The molecule has 0 saturated carbocycles. The summed E-state index contributed by atoms with van der Waals surface area (Å²) in [4.78, 5) is 32.2. The van der Waals surface area contributed by atoms with E-state index < -0.39 is 0 Å². The molecule has 0 aliphatic rings. The van der Waals surface area contributed by atoms with Gasteiger partial charge in [-0.1, -0.05) is 6.07 Å². The summed E-state index contributed by atoms with van der Waals surface area (Å²) in [6, 6.07) is 6.09. The Morgan fingerprint density at radius 1 is 1.11 bits per heavy atom. The van der Waals surface area contributed by atoms with E-state index in [1.807, 2.05) is 12.1 Å². The fourth-order valence-electron chi connectivity index (χ4n) is 3.06. The molecule has 7 nitrogen and oxygen atoms in total. The van der Waals surface area contributed by atoms with Gasteiger partial charge in [-0.2, -0.15) is 0 Å². The molecule has 0 saturated heterocycles. The molecule has 27 heavy (non-hydrogen) atoms. The number of nitrogens with zero attached hydrogens (tertiary/aromatic N) is 4. The normalized spacial score (nSPS) is 10.9. The molecule has 0 fully saturated rings. The number of H-pyrrole nitrogens is 1. The highest BCUT2D eigenvalue weighted by Gasteiger charge is 2.13. The van der Waals surface area contributed by atoms with Gasteiger partial charge in [-0.3, -0.25) is 14.8 Å². The number of carbonyl (C=O) groups excluding carboxylic acids is 1. The largest absolute Gasteiger partial charge is 0.353 e. The van der Waals surface area contributed by atoms with Crippen LogP contribution in [0.3, 0.4) is 0 Å². The van der Waals surface area contributed by atoms with Crippen LogP contribution in [-0.4, -0.2) is 30.8 Å². The van der Waals surface area contributed by atoms with Gasteiger partial charge < -0.3 is 10.3 Å². The van der Waals surface area contributed by atoms with Gasteiger partial charge in [-0.25, -0.2) is 9.97 Å². The van der Waals surface area contributed by atoms with E-state index in [2.05, 4.69) is 43.2 Å². The van der Waals surface area contributed by atoms with Crippen molar-refractivity contribution in [1.29, 1.82) is 0 Å². The van der Waals surface area contributed by atoms with E-state index in [0.29, 0.717) is 17.8 Å². The Bertz CT molecular complexity index is 1120. The topological polar surface area (TPSA) is 96.5 Å². The summed E-state index contributed by atoms with van der Waals surface area (Å²) in [6.07, 6.45) is 8.04. The van der Waals surface area contributed by atoms with Crippen LogP contribution in [0, 0.1) is 13.8 Å². The van der Waals surface area contributed by atoms with Gasteiger partial charge in [0, 0.05) is 36.0 Å². The fourth-order valence-corrected chi connectivity index (χ4v) is 3.06. The molecule has 0 aliphatic carbocycles. The van der Waals surface area contributed by atoms with Gasteiger partial charge in [0.2, 0.25) is 0 Å². The van der Waals surface area contributed by atoms with Crippen LogP contribution >= 0.6 is 0 Å². The lowest BCUT2D eigenvalue weighted by Gasteiger charge is -2.07. The number of benzene rings is 1. The highest BCUT2D eigenvalue weighted by molar-refractivity contribution is 5.95. The Morgan fingerprint density at radius 2 is 2.00 bits per heavy atom. The minimum atomic E-state index is -0.181. The molecule has 0 bridgehead atoms. The first-order chi connectivity index (χ1) is 13.1. The number of rotatable bonds is 4. The van der Waals surface area contributed by atoms with E-state index >= 15 is 0 Å². The molecular weight excluding hydrogens is 340 g/mol. The van der Waals surface area contributed by atoms with E-state index in [1.54, 1.807) is 25.5 Å². The number of carbonyl (C=O) groups is 1. The molecule has 1 aromatic carbocycles. The standard InChI is InChI=1S/C20H18N6O/c1-12-15-7-14(8-24-20(27)16-9-22-11-25-13(16)2)3-4-17(15)26-19(12)18-10-21-5-6-23-18/h3-7,9-11,26H,8H2,1-2H3,(H,24,27). The summed E-state index contributed by atoms with van der Waals surface area (Å²) in [5, 5.41) is 4.03. The molecular formula is C20H18N6O. The second-order valence-corrected chi connectivity index (χ2v) is 6.30. The third-order valence-corrected chi connectivity index (χ3v) is 4.55. The van der Waals surface area contributed by atoms with Gasteiger partial charge in [-0.05, 0) is 37.1 Å². The van der Waals surface area contributed by atoms with Gasteiger partial charge in [0.1, 0.15) is 12.0 Å². The molecule has 0 unspecified atom stereocenters. The van der Waals surface area contributed by atoms with Crippen molar-refractivity contribution in [3.05, 3.63) is 71.7 Å². The highest BCUT2D eigenvalue weighted by atomic mass is 16.1. The predicted octanol–water partition coefficient (Wildman–Crippen LogP) is 2.96. The van der Waals surface area contributed by atoms with Gasteiger partial charge in [-0.15, -0.1) is 0 Å². The van der Waals surface area contributed by atoms with Gasteiger partial charge in [0.25, 0.3) is 5.91 Å². The number of amides is 1. The Hall–Kier alpha value is -3.61. The summed E-state index contributed by atoms with van der Waals surface area (Å²) in [5.74, 6) is -0.181. The predicted molar refractivity (Wildman–Crippen MR) is 102 cm³/mol. The molecule has 0 radical (unpaired) electrons. The first kappa shape index (κ1) is 16.8. The van der Waals surface area contributed by atoms with Crippen LogP contribution in [-0.2, 0) is 6.54 Å². The Morgan fingerprint density at radius 3 is 2.78 bits per heavy atom. The molecule has 0 spiro atoms. The summed E-state index contributed by atoms with van der Waals surface area (Å²) in [6.45, 7) is 4.27. The maximum atomic E-state index is 12.3. The number of aromatic amines is 1.